The molecule has 3 N–H and O–H groups in total. The van der Waals surface area contributed by atoms with Crippen molar-refractivity contribution in [1.29, 1.82) is 0 Å². The molecule has 7 heteroatoms. The first-order valence-corrected chi connectivity index (χ1v) is 8.19. The molecule has 0 fully saturated rings. The quantitative estimate of drug-likeness (QED) is 0.531. The van der Waals surface area contributed by atoms with Crippen molar-refractivity contribution in [3.8, 4) is 0 Å². The summed E-state index contributed by atoms with van der Waals surface area (Å²) in [5.41, 5.74) is 4.09. The number of hydrogen-bond donors (Lipinski definition) is 3. The molecule has 0 bridgehead atoms. The molecule has 25 heavy (non-hydrogen) atoms. The van der Waals surface area contributed by atoms with Gasteiger partial charge in [0.05, 0.1) is 4.92 Å². The van der Waals surface area contributed by atoms with E-state index in [2.05, 4.69) is 28.1 Å². The molecule has 130 valence electrons. The zero-order valence-electron chi connectivity index (χ0n) is 13.7. The predicted octanol–water partition coefficient (Wildman–Crippen LogP) is 2.32. The lowest BCUT2D eigenvalue weighted by Crippen LogP contribution is -2.25. The van der Waals surface area contributed by atoms with Crippen molar-refractivity contribution in [2.45, 2.75) is 26.1 Å². The van der Waals surface area contributed by atoms with E-state index in [1.807, 2.05) is 6.07 Å². The maximum absolute atomic E-state index is 12.0. The summed E-state index contributed by atoms with van der Waals surface area (Å²) >= 11 is 0. The van der Waals surface area contributed by atoms with Crippen molar-refractivity contribution in [2.24, 2.45) is 0 Å². The van der Waals surface area contributed by atoms with Gasteiger partial charge in [-0.3, -0.25) is 14.9 Å². The van der Waals surface area contributed by atoms with Crippen molar-refractivity contribution in [1.82, 2.24) is 10.6 Å². The number of nitrogens with zero attached hydrogens (tertiary/aromatic N) is 1. The molecule has 0 unspecified atom stereocenters. The van der Waals surface area contributed by atoms with Gasteiger partial charge in [0.15, 0.2) is 0 Å². The highest BCUT2D eigenvalue weighted by atomic mass is 16.6. The second-order valence-corrected chi connectivity index (χ2v) is 5.93. The SMILES string of the molecule is O=C(CCNc1ccccc1[N+](=O)[O-])NCc1ccc2c(c1)CNC2. The summed E-state index contributed by atoms with van der Waals surface area (Å²) in [6.07, 6.45) is 0.249. The third kappa shape index (κ3) is 4.33. The monoisotopic (exact) mass is 340 g/mol. The van der Waals surface area contributed by atoms with Crippen molar-refractivity contribution in [3.63, 3.8) is 0 Å². The number of fused-ring (bicyclic) bond motifs is 1. The summed E-state index contributed by atoms with van der Waals surface area (Å²) in [4.78, 5) is 22.5. The molecule has 0 spiro atoms. The Hall–Kier alpha value is -2.93. The summed E-state index contributed by atoms with van der Waals surface area (Å²) in [6, 6.07) is 12.6. The van der Waals surface area contributed by atoms with Crippen LogP contribution in [-0.2, 0) is 24.4 Å². The minimum absolute atomic E-state index is 0.00894. The van der Waals surface area contributed by atoms with E-state index < -0.39 is 4.92 Å². The number of nitro groups is 1. The zero-order chi connectivity index (χ0) is 17.6. The van der Waals surface area contributed by atoms with Crippen LogP contribution >= 0.6 is 0 Å². The molecule has 1 aliphatic heterocycles. The molecule has 0 aliphatic carbocycles. The van der Waals surface area contributed by atoms with Gasteiger partial charge in [-0.25, -0.2) is 0 Å². The fraction of sp³-hybridized carbons (Fsp3) is 0.278. The number of nitro benzene ring substituents is 1. The van der Waals surface area contributed by atoms with Crippen LogP contribution in [0, 0.1) is 10.1 Å². The van der Waals surface area contributed by atoms with Gasteiger partial charge in [-0.15, -0.1) is 0 Å². The molecular formula is C18H20N4O3. The highest BCUT2D eigenvalue weighted by molar-refractivity contribution is 5.76. The molecule has 0 aromatic heterocycles. The minimum atomic E-state index is -0.439. The predicted molar refractivity (Wildman–Crippen MR) is 95.0 cm³/mol. The van der Waals surface area contributed by atoms with E-state index in [1.54, 1.807) is 18.2 Å². The number of para-hydroxylation sites is 2. The third-order valence-corrected chi connectivity index (χ3v) is 4.16. The lowest BCUT2D eigenvalue weighted by Gasteiger charge is -2.09. The average molecular weight is 340 g/mol. The van der Waals surface area contributed by atoms with Crippen LogP contribution in [0.4, 0.5) is 11.4 Å². The maximum atomic E-state index is 12.0. The number of amides is 1. The fourth-order valence-corrected chi connectivity index (χ4v) is 2.84. The number of carbonyl (C=O) groups excluding carboxylic acids is 1. The molecule has 2 aromatic carbocycles. The van der Waals surface area contributed by atoms with Gasteiger partial charge in [-0.2, -0.15) is 0 Å². The van der Waals surface area contributed by atoms with Crippen LogP contribution in [0.15, 0.2) is 42.5 Å². The first-order valence-electron chi connectivity index (χ1n) is 8.19. The Bertz CT molecular complexity index is 792. The standard InChI is InChI=1S/C18H20N4O3/c23-18(7-8-20-16-3-1-2-4-17(16)22(24)25)21-10-13-5-6-14-11-19-12-15(14)9-13/h1-6,9,19-20H,7-8,10-12H2,(H,21,23). The largest absolute Gasteiger partial charge is 0.379 e. The van der Waals surface area contributed by atoms with Crippen molar-refractivity contribution in [2.75, 3.05) is 11.9 Å². The number of carbonyl (C=O) groups is 1. The molecular weight excluding hydrogens is 320 g/mol. The highest BCUT2D eigenvalue weighted by Crippen LogP contribution is 2.22. The Morgan fingerprint density at radius 3 is 2.80 bits per heavy atom. The van der Waals surface area contributed by atoms with Crippen LogP contribution in [0.2, 0.25) is 0 Å². The van der Waals surface area contributed by atoms with Crippen molar-refractivity contribution < 1.29 is 9.72 Å². The summed E-state index contributed by atoms with van der Waals surface area (Å²) in [7, 11) is 0. The number of anilines is 1. The van der Waals surface area contributed by atoms with E-state index in [-0.39, 0.29) is 18.0 Å². The Morgan fingerprint density at radius 1 is 1.16 bits per heavy atom. The smallest absolute Gasteiger partial charge is 0.292 e. The lowest BCUT2D eigenvalue weighted by atomic mass is 10.1. The van der Waals surface area contributed by atoms with Crippen molar-refractivity contribution >= 4 is 17.3 Å². The molecule has 2 aromatic rings. The topological polar surface area (TPSA) is 96.3 Å². The molecule has 0 radical (unpaired) electrons. The number of benzene rings is 2. The fourth-order valence-electron chi connectivity index (χ4n) is 2.84. The molecule has 7 nitrogen and oxygen atoms in total. The van der Waals surface area contributed by atoms with E-state index in [0.717, 1.165) is 18.7 Å². The molecule has 1 aliphatic rings. The molecule has 0 saturated carbocycles. The number of hydrogen-bond acceptors (Lipinski definition) is 5. The normalized spacial score (nSPS) is 12.5. The maximum Gasteiger partial charge on any atom is 0.292 e. The van der Waals surface area contributed by atoms with Crippen LogP contribution in [0.1, 0.15) is 23.1 Å². The third-order valence-electron chi connectivity index (χ3n) is 4.16. The Kier molecular flexibility index (Phi) is 5.25. The first kappa shape index (κ1) is 16.9. The van der Waals surface area contributed by atoms with Crippen molar-refractivity contribution in [3.05, 3.63) is 69.3 Å². The van der Waals surface area contributed by atoms with Crippen LogP contribution in [-0.4, -0.2) is 17.4 Å². The zero-order valence-corrected chi connectivity index (χ0v) is 13.7. The lowest BCUT2D eigenvalue weighted by molar-refractivity contribution is -0.384. The van der Waals surface area contributed by atoms with Crippen LogP contribution < -0.4 is 16.0 Å². The van der Waals surface area contributed by atoms with E-state index in [0.29, 0.717) is 18.8 Å². The Morgan fingerprint density at radius 2 is 1.96 bits per heavy atom. The number of rotatable bonds is 7. The van der Waals surface area contributed by atoms with Crippen LogP contribution in [0.25, 0.3) is 0 Å². The van der Waals surface area contributed by atoms with Gasteiger partial charge < -0.3 is 16.0 Å². The number of nitrogens with one attached hydrogen (secondary N) is 3. The van der Waals surface area contributed by atoms with Gasteiger partial charge in [-0.05, 0) is 22.8 Å². The Labute approximate surface area is 145 Å². The van der Waals surface area contributed by atoms with Gasteiger partial charge in [0.1, 0.15) is 5.69 Å². The Balaban J connectivity index is 1.45. The highest BCUT2D eigenvalue weighted by Gasteiger charge is 2.12. The molecule has 1 amide bonds. The first-order chi connectivity index (χ1) is 12.1. The van der Waals surface area contributed by atoms with E-state index >= 15 is 0 Å². The van der Waals surface area contributed by atoms with Crippen LogP contribution in [0.3, 0.4) is 0 Å². The van der Waals surface area contributed by atoms with Gasteiger partial charge in [0.25, 0.3) is 5.69 Å². The van der Waals surface area contributed by atoms with E-state index in [4.69, 9.17) is 0 Å². The van der Waals surface area contributed by atoms with Crippen LogP contribution in [0.5, 0.6) is 0 Å². The summed E-state index contributed by atoms with van der Waals surface area (Å²) < 4.78 is 0. The van der Waals surface area contributed by atoms with Gasteiger partial charge in [0, 0.05) is 38.7 Å². The minimum Gasteiger partial charge on any atom is -0.379 e. The van der Waals surface area contributed by atoms with Gasteiger partial charge >= 0.3 is 0 Å². The summed E-state index contributed by atoms with van der Waals surface area (Å²) in [5.74, 6) is -0.0929. The molecule has 1 heterocycles. The molecule has 0 atom stereocenters. The molecule has 3 rings (SSSR count). The van der Waals surface area contributed by atoms with E-state index in [1.165, 1.54) is 17.2 Å². The molecule has 0 saturated heterocycles. The second kappa shape index (κ2) is 7.76. The van der Waals surface area contributed by atoms with Gasteiger partial charge in [-0.1, -0.05) is 30.3 Å². The second-order valence-electron chi connectivity index (χ2n) is 5.93. The summed E-state index contributed by atoms with van der Waals surface area (Å²) in [5, 5.41) is 20.1. The van der Waals surface area contributed by atoms with Gasteiger partial charge in [0.2, 0.25) is 5.91 Å². The summed E-state index contributed by atoms with van der Waals surface area (Å²) in [6.45, 7) is 2.60. The van der Waals surface area contributed by atoms with E-state index in [9.17, 15) is 14.9 Å². The average Bonchev–Trinajstić information content (AvgIpc) is 3.08.